The molecule has 0 saturated carbocycles. The fourth-order valence-electron chi connectivity index (χ4n) is 1.85. The van der Waals surface area contributed by atoms with E-state index < -0.39 is 11.2 Å². The third-order valence-corrected chi connectivity index (χ3v) is 4.06. The third kappa shape index (κ3) is 5.48. The zero-order chi connectivity index (χ0) is 14.5. The molecule has 0 bridgehead atoms. The van der Waals surface area contributed by atoms with Crippen molar-refractivity contribution < 1.29 is 13.2 Å². The fourth-order valence-corrected chi connectivity index (χ4v) is 2.65. The van der Waals surface area contributed by atoms with Crippen molar-refractivity contribution in [3.63, 3.8) is 0 Å². The van der Waals surface area contributed by atoms with Crippen molar-refractivity contribution in [1.29, 1.82) is 0 Å². The van der Waals surface area contributed by atoms with Crippen molar-refractivity contribution in [3.05, 3.63) is 16.1 Å². The van der Waals surface area contributed by atoms with Gasteiger partial charge in [-0.2, -0.15) is 13.2 Å². The molecule has 2 nitrogen and oxygen atoms in total. The number of aromatic nitrogens is 1. The second-order valence-electron chi connectivity index (χ2n) is 4.97. The Labute approximate surface area is 116 Å². The minimum absolute atomic E-state index is 0.344. The van der Waals surface area contributed by atoms with Crippen LogP contribution in [0.5, 0.6) is 0 Å². The average molecular weight is 294 g/mol. The molecule has 0 aromatic carbocycles. The first-order valence-electron chi connectivity index (χ1n) is 6.59. The van der Waals surface area contributed by atoms with E-state index in [0.29, 0.717) is 23.3 Å². The van der Waals surface area contributed by atoms with Gasteiger partial charge in [-0.3, -0.25) is 0 Å². The highest BCUT2D eigenvalue weighted by Crippen LogP contribution is 2.32. The minimum atomic E-state index is -4.32. The maximum absolute atomic E-state index is 12.4. The molecule has 1 atom stereocenters. The molecule has 1 rings (SSSR count). The number of hydrogen-bond donors (Lipinski definition) is 1. The quantitative estimate of drug-likeness (QED) is 0.818. The largest absolute Gasteiger partial charge is 0.443 e. The molecule has 1 N–H and O–H groups in total. The molecular formula is C13H21F3N2S. The maximum Gasteiger partial charge on any atom is 0.443 e. The molecule has 0 amide bonds. The Morgan fingerprint density at radius 3 is 2.53 bits per heavy atom. The molecule has 0 aliphatic rings. The standard InChI is InChI=1S/C13H21F3N2S/c1-4-7-17-11(9(2)3)6-5-10-8-18-12(19-10)13(14,15)16/h8-9,11,17H,4-7H2,1-3H3. The van der Waals surface area contributed by atoms with Crippen LogP contribution in [0.1, 0.15) is 43.5 Å². The molecule has 110 valence electrons. The van der Waals surface area contributed by atoms with Crippen molar-refractivity contribution in [1.82, 2.24) is 10.3 Å². The smallest absolute Gasteiger partial charge is 0.314 e. The molecule has 19 heavy (non-hydrogen) atoms. The third-order valence-electron chi connectivity index (χ3n) is 2.96. The molecule has 1 unspecified atom stereocenters. The van der Waals surface area contributed by atoms with Gasteiger partial charge in [0.05, 0.1) is 0 Å². The number of thiazole rings is 1. The van der Waals surface area contributed by atoms with Gasteiger partial charge in [0.25, 0.3) is 0 Å². The van der Waals surface area contributed by atoms with Crippen molar-refractivity contribution in [2.24, 2.45) is 5.92 Å². The van der Waals surface area contributed by atoms with Crippen molar-refractivity contribution in [3.8, 4) is 0 Å². The molecule has 1 heterocycles. The number of halogens is 3. The molecular weight excluding hydrogens is 273 g/mol. The summed E-state index contributed by atoms with van der Waals surface area (Å²) in [6.45, 7) is 7.30. The van der Waals surface area contributed by atoms with Gasteiger partial charge in [-0.1, -0.05) is 20.8 Å². The number of aryl methyl sites for hydroxylation is 1. The van der Waals surface area contributed by atoms with Crippen LogP contribution in [0.2, 0.25) is 0 Å². The monoisotopic (exact) mass is 294 g/mol. The number of nitrogens with one attached hydrogen (secondary N) is 1. The number of hydrogen-bond acceptors (Lipinski definition) is 3. The highest BCUT2D eigenvalue weighted by molar-refractivity contribution is 7.11. The molecule has 6 heteroatoms. The molecule has 0 aliphatic heterocycles. The number of nitrogens with zero attached hydrogens (tertiary/aromatic N) is 1. The summed E-state index contributed by atoms with van der Waals surface area (Å²) in [6, 6.07) is 0.344. The van der Waals surface area contributed by atoms with E-state index in [4.69, 9.17) is 0 Å². The van der Waals surface area contributed by atoms with Crippen molar-refractivity contribution >= 4 is 11.3 Å². The highest BCUT2D eigenvalue weighted by atomic mass is 32.1. The maximum atomic E-state index is 12.4. The lowest BCUT2D eigenvalue weighted by molar-refractivity contribution is -0.137. The number of alkyl halides is 3. The van der Waals surface area contributed by atoms with E-state index in [2.05, 4.69) is 31.1 Å². The molecule has 0 saturated heterocycles. The fraction of sp³-hybridized carbons (Fsp3) is 0.769. The SMILES string of the molecule is CCCNC(CCc1cnc(C(F)(F)F)s1)C(C)C. The van der Waals surface area contributed by atoms with E-state index in [1.807, 2.05) is 0 Å². The average Bonchev–Trinajstić information content (AvgIpc) is 2.77. The Balaban J connectivity index is 2.52. The van der Waals surface area contributed by atoms with Gasteiger partial charge in [-0.15, -0.1) is 11.3 Å². The van der Waals surface area contributed by atoms with E-state index in [-0.39, 0.29) is 0 Å². The van der Waals surface area contributed by atoms with Crippen LogP contribution < -0.4 is 5.32 Å². The van der Waals surface area contributed by atoms with E-state index in [1.54, 1.807) is 0 Å². The van der Waals surface area contributed by atoms with E-state index in [0.717, 1.165) is 30.7 Å². The Morgan fingerprint density at radius 2 is 2.05 bits per heavy atom. The Bertz CT molecular complexity index is 374. The summed E-state index contributed by atoms with van der Waals surface area (Å²) in [5.74, 6) is 0.474. The summed E-state index contributed by atoms with van der Waals surface area (Å²) in [6.07, 6.45) is -0.419. The van der Waals surface area contributed by atoms with E-state index >= 15 is 0 Å². The van der Waals surface area contributed by atoms with Gasteiger partial charge in [-0.25, -0.2) is 4.98 Å². The number of rotatable bonds is 7. The zero-order valence-electron chi connectivity index (χ0n) is 11.5. The second kappa shape index (κ2) is 7.24. The van der Waals surface area contributed by atoms with Crippen LogP contribution in [0.25, 0.3) is 0 Å². The first-order valence-corrected chi connectivity index (χ1v) is 7.41. The molecule has 0 spiro atoms. The Morgan fingerprint density at radius 1 is 1.37 bits per heavy atom. The first kappa shape index (κ1) is 16.4. The molecule has 0 aliphatic carbocycles. The van der Waals surface area contributed by atoms with Gasteiger partial charge in [0.1, 0.15) is 0 Å². The minimum Gasteiger partial charge on any atom is -0.314 e. The van der Waals surface area contributed by atoms with Gasteiger partial charge in [0.2, 0.25) is 0 Å². The molecule has 0 fully saturated rings. The molecule has 1 aromatic rings. The van der Waals surface area contributed by atoms with Gasteiger partial charge in [0.15, 0.2) is 5.01 Å². The van der Waals surface area contributed by atoms with Crippen LogP contribution in [0.3, 0.4) is 0 Å². The molecule has 1 aromatic heterocycles. The van der Waals surface area contributed by atoms with Gasteiger partial charge < -0.3 is 5.32 Å². The first-order chi connectivity index (χ1) is 8.84. The second-order valence-corrected chi connectivity index (χ2v) is 6.09. The highest BCUT2D eigenvalue weighted by Gasteiger charge is 2.34. The topological polar surface area (TPSA) is 24.9 Å². The molecule has 0 radical (unpaired) electrons. The summed E-state index contributed by atoms with van der Waals surface area (Å²) in [7, 11) is 0. The predicted molar refractivity (Wildman–Crippen MR) is 72.4 cm³/mol. The summed E-state index contributed by atoms with van der Waals surface area (Å²) in [5.41, 5.74) is 0. The van der Waals surface area contributed by atoms with Crippen LogP contribution in [-0.4, -0.2) is 17.6 Å². The lowest BCUT2D eigenvalue weighted by atomic mass is 9.99. The summed E-state index contributed by atoms with van der Waals surface area (Å²) in [5, 5.41) is 2.69. The van der Waals surface area contributed by atoms with Gasteiger partial charge >= 0.3 is 6.18 Å². The van der Waals surface area contributed by atoms with Crippen molar-refractivity contribution in [2.45, 2.75) is 52.3 Å². The van der Waals surface area contributed by atoms with Gasteiger partial charge in [0, 0.05) is 17.1 Å². The van der Waals surface area contributed by atoms with Crippen LogP contribution in [0.15, 0.2) is 6.20 Å². The normalized spacial score (nSPS) is 14.1. The lowest BCUT2D eigenvalue weighted by Gasteiger charge is -2.21. The van der Waals surface area contributed by atoms with Crippen LogP contribution in [0.4, 0.5) is 13.2 Å². The van der Waals surface area contributed by atoms with Crippen molar-refractivity contribution in [2.75, 3.05) is 6.54 Å². The predicted octanol–water partition coefficient (Wildman–Crippen LogP) is 4.12. The van der Waals surface area contributed by atoms with Crippen LogP contribution in [0, 0.1) is 5.92 Å². The summed E-state index contributed by atoms with van der Waals surface area (Å²) < 4.78 is 37.3. The summed E-state index contributed by atoms with van der Waals surface area (Å²) >= 11 is 0.753. The van der Waals surface area contributed by atoms with Crippen LogP contribution >= 0.6 is 11.3 Å². The Kier molecular flexibility index (Phi) is 6.26. The zero-order valence-corrected chi connectivity index (χ0v) is 12.4. The van der Waals surface area contributed by atoms with Crippen LogP contribution in [-0.2, 0) is 12.6 Å². The Hall–Kier alpha value is -0.620. The van der Waals surface area contributed by atoms with Gasteiger partial charge in [-0.05, 0) is 31.7 Å². The van der Waals surface area contributed by atoms with E-state index in [1.165, 1.54) is 6.20 Å². The lowest BCUT2D eigenvalue weighted by Crippen LogP contribution is -2.34. The summed E-state index contributed by atoms with van der Waals surface area (Å²) in [4.78, 5) is 4.15. The van der Waals surface area contributed by atoms with E-state index in [9.17, 15) is 13.2 Å².